The molecule has 0 atom stereocenters. The molecule has 1 amide bonds. The van der Waals surface area contributed by atoms with Gasteiger partial charge in [0.25, 0.3) is 0 Å². The number of carboxylic acids is 1. The van der Waals surface area contributed by atoms with Crippen LogP contribution in [-0.4, -0.2) is 23.5 Å². The molecule has 0 radical (unpaired) electrons. The fourth-order valence-electron chi connectivity index (χ4n) is 2.81. The maximum atomic E-state index is 11.8. The van der Waals surface area contributed by atoms with Crippen LogP contribution in [0.15, 0.2) is 18.2 Å². The van der Waals surface area contributed by atoms with E-state index in [-0.39, 0.29) is 12.3 Å². The van der Waals surface area contributed by atoms with Crippen molar-refractivity contribution in [3.05, 3.63) is 34.9 Å². The van der Waals surface area contributed by atoms with E-state index in [0.29, 0.717) is 19.4 Å². The Kier molecular flexibility index (Phi) is 9.03. The third kappa shape index (κ3) is 7.31. The van der Waals surface area contributed by atoms with Crippen LogP contribution in [0, 0.1) is 0 Å². The lowest BCUT2D eigenvalue weighted by molar-refractivity contribution is -0.137. The van der Waals surface area contributed by atoms with E-state index in [0.717, 1.165) is 32.1 Å². The van der Waals surface area contributed by atoms with Crippen LogP contribution in [0.3, 0.4) is 0 Å². The number of hydrogen-bond acceptors (Lipinski definition) is 2. The molecule has 0 aliphatic heterocycles. The van der Waals surface area contributed by atoms with Crippen LogP contribution in [0.4, 0.5) is 0 Å². The Morgan fingerprint density at radius 1 is 1.00 bits per heavy atom. The largest absolute Gasteiger partial charge is 0.481 e. The van der Waals surface area contributed by atoms with E-state index < -0.39 is 5.97 Å². The molecular formula is C19H29NO3. The number of aliphatic carboxylic acids is 1. The third-order valence-corrected chi connectivity index (χ3v) is 4.10. The zero-order valence-electron chi connectivity index (χ0n) is 14.4. The van der Waals surface area contributed by atoms with E-state index in [4.69, 9.17) is 5.11 Å². The highest BCUT2D eigenvalue weighted by atomic mass is 16.4. The Morgan fingerprint density at radius 2 is 1.65 bits per heavy atom. The number of carboxylic acid groups (broad SMARTS) is 1. The van der Waals surface area contributed by atoms with Crippen LogP contribution >= 0.6 is 0 Å². The average Bonchev–Trinajstić information content (AvgIpc) is 2.54. The smallest absolute Gasteiger partial charge is 0.303 e. The van der Waals surface area contributed by atoms with Crippen molar-refractivity contribution in [3.8, 4) is 0 Å². The molecule has 128 valence electrons. The molecule has 0 unspecified atom stereocenters. The molecule has 1 aromatic rings. The highest BCUT2D eigenvalue weighted by Crippen LogP contribution is 2.19. The van der Waals surface area contributed by atoms with Crippen LogP contribution in [-0.2, 0) is 28.9 Å². The van der Waals surface area contributed by atoms with Gasteiger partial charge in [0, 0.05) is 19.4 Å². The molecule has 2 N–H and O–H groups in total. The molecule has 0 aliphatic carbocycles. The van der Waals surface area contributed by atoms with Crippen molar-refractivity contribution in [2.75, 3.05) is 6.54 Å². The number of aryl methyl sites for hydroxylation is 2. The van der Waals surface area contributed by atoms with Crippen LogP contribution in [0.5, 0.6) is 0 Å². The van der Waals surface area contributed by atoms with Crippen LogP contribution in [0.2, 0.25) is 0 Å². The van der Waals surface area contributed by atoms with E-state index in [1.807, 2.05) is 0 Å². The lowest BCUT2D eigenvalue weighted by atomic mass is 9.93. The Hall–Kier alpha value is -1.84. The molecule has 0 saturated carbocycles. The Labute approximate surface area is 139 Å². The quantitative estimate of drug-likeness (QED) is 0.613. The number of rotatable bonds is 11. The molecule has 0 bridgehead atoms. The van der Waals surface area contributed by atoms with Gasteiger partial charge in [-0.05, 0) is 55.2 Å². The predicted octanol–water partition coefficient (Wildman–Crippen LogP) is 3.51. The number of carbonyl (C=O) groups excluding carboxylic acids is 1. The van der Waals surface area contributed by atoms with Gasteiger partial charge in [0.1, 0.15) is 0 Å². The molecule has 0 saturated heterocycles. The van der Waals surface area contributed by atoms with Gasteiger partial charge >= 0.3 is 5.97 Å². The van der Waals surface area contributed by atoms with E-state index in [2.05, 4.69) is 37.4 Å². The highest BCUT2D eigenvalue weighted by Gasteiger charge is 2.08. The summed E-state index contributed by atoms with van der Waals surface area (Å²) in [5.41, 5.74) is 4.18. The second-order valence-electron chi connectivity index (χ2n) is 5.82. The maximum Gasteiger partial charge on any atom is 0.303 e. The molecule has 0 heterocycles. The monoisotopic (exact) mass is 319 g/mol. The summed E-state index contributed by atoms with van der Waals surface area (Å²) >= 11 is 0. The van der Waals surface area contributed by atoms with Crippen molar-refractivity contribution < 1.29 is 14.7 Å². The van der Waals surface area contributed by atoms with Crippen molar-refractivity contribution in [2.45, 2.75) is 65.2 Å². The summed E-state index contributed by atoms with van der Waals surface area (Å²) in [6.45, 7) is 4.90. The first-order valence-corrected chi connectivity index (χ1v) is 8.66. The summed E-state index contributed by atoms with van der Waals surface area (Å²) in [5, 5.41) is 11.4. The molecule has 4 heteroatoms. The normalized spacial score (nSPS) is 10.5. The van der Waals surface area contributed by atoms with Gasteiger partial charge in [-0.2, -0.15) is 0 Å². The lowest BCUT2D eigenvalue weighted by Crippen LogP contribution is -2.24. The molecule has 4 nitrogen and oxygen atoms in total. The van der Waals surface area contributed by atoms with Gasteiger partial charge in [-0.15, -0.1) is 0 Å². The minimum Gasteiger partial charge on any atom is -0.481 e. The summed E-state index contributed by atoms with van der Waals surface area (Å²) in [6, 6.07) is 6.47. The summed E-state index contributed by atoms with van der Waals surface area (Å²) in [7, 11) is 0. The zero-order chi connectivity index (χ0) is 17.1. The Balaban J connectivity index is 2.31. The first-order chi connectivity index (χ1) is 11.1. The van der Waals surface area contributed by atoms with Crippen molar-refractivity contribution in [3.63, 3.8) is 0 Å². The van der Waals surface area contributed by atoms with Crippen LogP contribution in [0.1, 0.15) is 62.6 Å². The van der Waals surface area contributed by atoms with E-state index in [9.17, 15) is 9.59 Å². The second kappa shape index (κ2) is 10.8. The lowest BCUT2D eigenvalue weighted by Gasteiger charge is -2.13. The summed E-state index contributed by atoms with van der Waals surface area (Å²) in [6.07, 6.45) is 5.88. The molecule has 23 heavy (non-hydrogen) atoms. The highest BCUT2D eigenvalue weighted by molar-refractivity contribution is 5.75. The van der Waals surface area contributed by atoms with Crippen molar-refractivity contribution in [2.24, 2.45) is 0 Å². The van der Waals surface area contributed by atoms with Crippen molar-refractivity contribution >= 4 is 11.9 Å². The molecular weight excluding hydrogens is 290 g/mol. The van der Waals surface area contributed by atoms with Gasteiger partial charge < -0.3 is 10.4 Å². The van der Waals surface area contributed by atoms with Crippen molar-refractivity contribution in [1.29, 1.82) is 0 Å². The first-order valence-electron chi connectivity index (χ1n) is 8.66. The number of carbonyl (C=O) groups is 2. The second-order valence-corrected chi connectivity index (χ2v) is 5.82. The Bertz CT molecular complexity index is 489. The topological polar surface area (TPSA) is 66.4 Å². The zero-order valence-corrected chi connectivity index (χ0v) is 14.4. The first kappa shape index (κ1) is 19.2. The molecule has 0 fully saturated rings. The number of unbranched alkanes of at least 4 members (excludes halogenated alkanes) is 1. The summed E-state index contributed by atoms with van der Waals surface area (Å²) < 4.78 is 0. The number of amides is 1. The maximum absolute atomic E-state index is 11.8. The molecule has 1 aromatic carbocycles. The van der Waals surface area contributed by atoms with E-state index in [1.165, 1.54) is 16.7 Å². The molecule has 0 aromatic heterocycles. The minimum atomic E-state index is -0.780. The molecule has 0 aliphatic rings. The van der Waals surface area contributed by atoms with Crippen LogP contribution < -0.4 is 5.32 Å². The minimum absolute atomic E-state index is 0.0624. The number of nitrogens with one attached hydrogen (secondary N) is 1. The SMILES string of the molecule is CCc1cccc(CC)c1CCCC(=O)NCCCCC(=O)O. The Morgan fingerprint density at radius 3 is 2.22 bits per heavy atom. The van der Waals surface area contributed by atoms with Gasteiger partial charge in [-0.1, -0.05) is 32.0 Å². The average molecular weight is 319 g/mol. The van der Waals surface area contributed by atoms with Gasteiger partial charge in [-0.25, -0.2) is 0 Å². The van der Waals surface area contributed by atoms with Crippen LogP contribution in [0.25, 0.3) is 0 Å². The standard InChI is InChI=1S/C19H29NO3/c1-3-15-9-7-10-16(4-2)17(15)11-8-12-18(21)20-14-6-5-13-19(22)23/h7,9-10H,3-6,8,11-14H2,1-2H3,(H,20,21)(H,22,23). The van der Waals surface area contributed by atoms with E-state index in [1.54, 1.807) is 0 Å². The van der Waals surface area contributed by atoms with E-state index >= 15 is 0 Å². The fourth-order valence-corrected chi connectivity index (χ4v) is 2.81. The molecule has 1 rings (SSSR count). The molecule has 0 spiro atoms. The third-order valence-electron chi connectivity index (χ3n) is 4.10. The fraction of sp³-hybridized carbons (Fsp3) is 0.579. The van der Waals surface area contributed by atoms with Gasteiger partial charge in [0.05, 0.1) is 0 Å². The van der Waals surface area contributed by atoms with Crippen molar-refractivity contribution in [1.82, 2.24) is 5.32 Å². The van der Waals surface area contributed by atoms with Gasteiger partial charge in [0.15, 0.2) is 0 Å². The van der Waals surface area contributed by atoms with Gasteiger partial charge in [0.2, 0.25) is 5.91 Å². The summed E-state index contributed by atoms with van der Waals surface area (Å²) in [4.78, 5) is 22.2. The summed E-state index contributed by atoms with van der Waals surface area (Å²) in [5.74, 6) is -0.718. The number of hydrogen-bond donors (Lipinski definition) is 2. The number of benzene rings is 1. The van der Waals surface area contributed by atoms with Gasteiger partial charge in [-0.3, -0.25) is 9.59 Å². The predicted molar refractivity (Wildman–Crippen MR) is 92.6 cm³/mol.